The summed E-state index contributed by atoms with van der Waals surface area (Å²) in [6.45, 7) is 4.64. The molecule has 0 aliphatic rings. The SMILES string of the molecule is CCC(C)NCc1c(N=O)ccc(Cl)c1Cl. The number of hydrogen-bond acceptors (Lipinski definition) is 3. The van der Waals surface area contributed by atoms with Crippen molar-refractivity contribution in [3.05, 3.63) is 32.6 Å². The fourth-order valence-corrected chi connectivity index (χ4v) is 1.66. The first-order valence-electron chi connectivity index (χ1n) is 5.13. The van der Waals surface area contributed by atoms with Gasteiger partial charge in [0.2, 0.25) is 0 Å². The number of hydrogen-bond donors (Lipinski definition) is 1. The molecule has 0 aliphatic heterocycles. The molecule has 1 unspecified atom stereocenters. The Balaban J connectivity index is 2.92. The van der Waals surface area contributed by atoms with Crippen LogP contribution in [0, 0.1) is 4.91 Å². The predicted octanol–water partition coefficient (Wildman–Crippen LogP) is 4.28. The molecular formula is C11H14Cl2N2O. The number of rotatable bonds is 5. The maximum absolute atomic E-state index is 10.6. The third kappa shape index (κ3) is 3.17. The van der Waals surface area contributed by atoms with Gasteiger partial charge in [0.15, 0.2) is 0 Å². The highest BCUT2D eigenvalue weighted by Gasteiger charge is 2.12. The van der Waals surface area contributed by atoms with E-state index in [1.54, 1.807) is 12.1 Å². The molecular weight excluding hydrogens is 247 g/mol. The number of benzene rings is 1. The van der Waals surface area contributed by atoms with E-state index >= 15 is 0 Å². The van der Waals surface area contributed by atoms with Gasteiger partial charge < -0.3 is 5.32 Å². The Hall–Kier alpha value is -0.640. The molecule has 3 nitrogen and oxygen atoms in total. The average molecular weight is 261 g/mol. The molecule has 5 heteroatoms. The lowest BCUT2D eigenvalue weighted by Gasteiger charge is -2.13. The van der Waals surface area contributed by atoms with Crippen LogP contribution < -0.4 is 5.32 Å². The standard InChI is InChI=1S/C11H14Cl2N2O/c1-3-7(2)14-6-8-10(15-16)5-4-9(12)11(8)13/h4-5,7,14H,3,6H2,1-2H3. The first-order valence-corrected chi connectivity index (χ1v) is 5.89. The lowest BCUT2D eigenvalue weighted by Crippen LogP contribution is -2.24. The van der Waals surface area contributed by atoms with Gasteiger partial charge in [0.25, 0.3) is 0 Å². The van der Waals surface area contributed by atoms with Crippen LogP contribution >= 0.6 is 23.2 Å². The second kappa shape index (κ2) is 6.18. The van der Waals surface area contributed by atoms with Crippen LogP contribution in [0.15, 0.2) is 17.3 Å². The van der Waals surface area contributed by atoms with Crippen molar-refractivity contribution in [1.29, 1.82) is 0 Å². The van der Waals surface area contributed by atoms with E-state index in [0.717, 1.165) is 6.42 Å². The van der Waals surface area contributed by atoms with E-state index in [2.05, 4.69) is 24.3 Å². The lowest BCUT2D eigenvalue weighted by molar-refractivity contribution is 0.534. The zero-order valence-electron chi connectivity index (χ0n) is 9.26. The van der Waals surface area contributed by atoms with Gasteiger partial charge in [0.05, 0.1) is 10.0 Å². The number of nitroso groups, excluding NO2 is 1. The van der Waals surface area contributed by atoms with Crippen molar-refractivity contribution in [2.75, 3.05) is 0 Å². The second-order valence-corrected chi connectivity index (χ2v) is 4.43. The van der Waals surface area contributed by atoms with Crippen molar-refractivity contribution in [1.82, 2.24) is 5.32 Å². The average Bonchev–Trinajstić information content (AvgIpc) is 2.30. The van der Waals surface area contributed by atoms with Gasteiger partial charge in [0, 0.05) is 18.2 Å². The zero-order valence-corrected chi connectivity index (χ0v) is 10.8. The molecule has 0 amide bonds. The molecule has 1 atom stereocenters. The smallest absolute Gasteiger partial charge is 0.114 e. The van der Waals surface area contributed by atoms with Crippen LogP contribution in [0.1, 0.15) is 25.8 Å². The molecule has 0 spiro atoms. The van der Waals surface area contributed by atoms with Gasteiger partial charge in [-0.05, 0) is 30.7 Å². The molecule has 0 bridgehead atoms. The predicted molar refractivity (Wildman–Crippen MR) is 68.5 cm³/mol. The third-order valence-electron chi connectivity index (χ3n) is 2.51. The molecule has 0 aromatic heterocycles. The van der Waals surface area contributed by atoms with Crippen LogP contribution in [0.2, 0.25) is 10.0 Å². The summed E-state index contributed by atoms with van der Waals surface area (Å²) in [5.74, 6) is 0. The van der Waals surface area contributed by atoms with Crippen molar-refractivity contribution < 1.29 is 0 Å². The lowest BCUT2D eigenvalue weighted by atomic mass is 10.1. The monoisotopic (exact) mass is 260 g/mol. The summed E-state index contributed by atoms with van der Waals surface area (Å²) in [5.41, 5.74) is 0.995. The van der Waals surface area contributed by atoms with Crippen molar-refractivity contribution >= 4 is 28.9 Å². The molecule has 1 aromatic carbocycles. The largest absolute Gasteiger partial charge is 0.310 e. The van der Waals surface area contributed by atoms with Crippen LogP contribution in [0.3, 0.4) is 0 Å². The van der Waals surface area contributed by atoms with E-state index in [4.69, 9.17) is 23.2 Å². The van der Waals surface area contributed by atoms with Crippen LogP contribution in [-0.4, -0.2) is 6.04 Å². The Morgan fingerprint density at radius 2 is 2.12 bits per heavy atom. The molecule has 0 fully saturated rings. The minimum Gasteiger partial charge on any atom is -0.310 e. The third-order valence-corrected chi connectivity index (χ3v) is 3.35. The number of nitrogens with one attached hydrogen (secondary N) is 1. The Morgan fingerprint density at radius 1 is 1.44 bits per heavy atom. The molecule has 88 valence electrons. The van der Waals surface area contributed by atoms with E-state index in [1.807, 2.05) is 0 Å². The molecule has 1 N–H and O–H groups in total. The second-order valence-electron chi connectivity index (χ2n) is 3.64. The van der Waals surface area contributed by atoms with Crippen molar-refractivity contribution in [3.8, 4) is 0 Å². The Bertz CT molecular complexity index is 382. The van der Waals surface area contributed by atoms with E-state index in [0.29, 0.717) is 33.9 Å². The van der Waals surface area contributed by atoms with Gasteiger partial charge in [-0.2, -0.15) is 0 Å². The van der Waals surface area contributed by atoms with Crippen molar-refractivity contribution in [2.45, 2.75) is 32.9 Å². The van der Waals surface area contributed by atoms with Gasteiger partial charge in [-0.25, -0.2) is 0 Å². The summed E-state index contributed by atoms with van der Waals surface area (Å²) in [7, 11) is 0. The van der Waals surface area contributed by atoms with E-state index < -0.39 is 0 Å². The molecule has 0 aliphatic carbocycles. The van der Waals surface area contributed by atoms with Crippen LogP contribution in [0.4, 0.5) is 5.69 Å². The molecule has 16 heavy (non-hydrogen) atoms. The highest BCUT2D eigenvalue weighted by Crippen LogP contribution is 2.33. The van der Waals surface area contributed by atoms with Crippen LogP contribution in [0.5, 0.6) is 0 Å². The summed E-state index contributed by atoms with van der Waals surface area (Å²) in [4.78, 5) is 10.6. The number of nitrogens with zero attached hydrogens (tertiary/aromatic N) is 1. The van der Waals surface area contributed by atoms with Gasteiger partial charge >= 0.3 is 0 Å². The maximum Gasteiger partial charge on any atom is 0.114 e. The summed E-state index contributed by atoms with van der Waals surface area (Å²) in [6.07, 6.45) is 1.00. The van der Waals surface area contributed by atoms with E-state index in [-0.39, 0.29) is 0 Å². The van der Waals surface area contributed by atoms with Crippen molar-refractivity contribution in [2.24, 2.45) is 5.18 Å². The van der Waals surface area contributed by atoms with Crippen LogP contribution in [0.25, 0.3) is 0 Å². The molecule has 0 saturated heterocycles. The quantitative estimate of drug-likeness (QED) is 0.803. The molecule has 0 heterocycles. The molecule has 0 radical (unpaired) electrons. The van der Waals surface area contributed by atoms with Gasteiger partial charge in [-0.3, -0.25) is 0 Å². The summed E-state index contributed by atoms with van der Waals surface area (Å²) in [5, 5.41) is 7.03. The molecule has 1 aromatic rings. The topological polar surface area (TPSA) is 41.5 Å². The van der Waals surface area contributed by atoms with Crippen LogP contribution in [-0.2, 0) is 6.54 Å². The van der Waals surface area contributed by atoms with Gasteiger partial charge in [0.1, 0.15) is 5.69 Å². The number of halogens is 2. The minimum atomic E-state index is 0.338. The van der Waals surface area contributed by atoms with E-state index in [9.17, 15) is 4.91 Å². The Kier molecular flexibility index (Phi) is 5.19. The summed E-state index contributed by atoms with van der Waals surface area (Å²) >= 11 is 11.9. The molecule has 0 saturated carbocycles. The first kappa shape index (κ1) is 13.4. The maximum atomic E-state index is 10.6. The Labute approximate surface area is 105 Å². The fourth-order valence-electron chi connectivity index (χ4n) is 1.26. The van der Waals surface area contributed by atoms with Crippen molar-refractivity contribution in [3.63, 3.8) is 0 Å². The molecule has 1 rings (SSSR count). The highest BCUT2D eigenvalue weighted by atomic mass is 35.5. The van der Waals surface area contributed by atoms with E-state index in [1.165, 1.54) is 0 Å². The van der Waals surface area contributed by atoms with Gasteiger partial charge in [-0.15, -0.1) is 4.91 Å². The summed E-state index contributed by atoms with van der Waals surface area (Å²) in [6, 6.07) is 3.51. The zero-order chi connectivity index (χ0) is 12.1. The summed E-state index contributed by atoms with van der Waals surface area (Å²) < 4.78 is 0. The normalized spacial score (nSPS) is 12.5. The Morgan fingerprint density at radius 3 is 2.69 bits per heavy atom. The first-order chi connectivity index (χ1) is 7.60. The minimum absolute atomic E-state index is 0.338. The fraction of sp³-hybridized carbons (Fsp3) is 0.455. The highest BCUT2D eigenvalue weighted by molar-refractivity contribution is 6.42. The van der Waals surface area contributed by atoms with Gasteiger partial charge in [-0.1, -0.05) is 30.1 Å².